The van der Waals surface area contributed by atoms with E-state index in [0.717, 1.165) is 5.56 Å². The number of pyridine rings is 1. The van der Waals surface area contributed by atoms with E-state index >= 15 is 0 Å². The van der Waals surface area contributed by atoms with Gasteiger partial charge in [0.25, 0.3) is 0 Å². The van der Waals surface area contributed by atoms with Crippen molar-refractivity contribution in [2.75, 3.05) is 0 Å². The predicted octanol–water partition coefficient (Wildman–Crippen LogP) is 0.736. The van der Waals surface area contributed by atoms with E-state index in [9.17, 15) is 4.79 Å². The van der Waals surface area contributed by atoms with Crippen LogP contribution in [0, 0.1) is 0 Å². The Kier molecular flexibility index (Phi) is 3.90. The molecule has 0 radical (unpaired) electrons. The van der Waals surface area contributed by atoms with Crippen LogP contribution in [0.15, 0.2) is 49.4 Å². The number of aromatic nitrogens is 6. The van der Waals surface area contributed by atoms with Crippen molar-refractivity contribution in [1.29, 1.82) is 0 Å². The molecule has 112 valence electrons. The van der Waals surface area contributed by atoms with E-state index in [1.165, 1.54) is 17.3 Å². The third-order valence-electron chi connectivity index (χ3n) is 3.25. The Morgan fingerprint density at radius 3 is 2.95 bits per heavy atom. The minimum atomic E-state index is -0.424. The van der Waals surface area contributed by atoms with Crippen LogP contribution in [0.3, 0.4) is 0 Å². The summed E-state index contributed by atoms with van der Waals surface area (Å²) >= 11 is 0. The van der Waals surface area contributed by atoms with Gasteiger partial charge in [-0.2, -0.15) is 10.2 Å². The Labute approximate surface area is 126 Å². The molecule has 0 unspecified atom stereocenters. The highest BCUT2D eigenvalue weighted by Gasteiger charge is 2.16. The van der Waals surface area contributed by atoms with Gasteiger partial charge in [-0.25, -0.2) is 19.3 Å². The van der Waals surface area contributed by atoms with Crippen molar-refractivity contribution in [3.8, 4) is 5.82 Å². The van der Waals surface area contributed by atoms with Crippen LogP contribution >= 0.6 is 0 Å². The van der Waals surface area contributed by atoms with Gasteiger partial charge in [-0.05, 0) is 19.1 Å². The summed E-state index contributed by atoms with van der Waals surface area (Å²) < 4.78 is 3.18. The quantitative estimate of drug-likeness (QED) is 0.750. The van der Waals surface area contributed by atoms with Crippen LogP contribution in [0.2, 0.25) is 0 Å². The molecular formula is C14H15N7O. The van der Waals surface area contributed by atoms with Crippen molar-refractivity contribution < 1.29 is 4.79 Å². The third-order valence-corrected chi connectivity index (χ3v) is 3.25. The average Bonchev–Trinajstić information content (AvgIpc) is 3.25. The first-order valence-corrected chi connectivity index (χ1v) is 6.81. The predicted molar refractivity (Wildman–Crippen MR) is 77.9 cm³/mol. The van der Waals surface area contributed by atoms with E-state index in [-0.39, 0.29) is 5.91 Å². The van der Waals surface area contributed by atoms with Crippen LogP contribution < -0.4 is 5.32 Å². The summed E-state index contributed by atoms with van der Waals surface area (Å²) in [5.74, 6) is 0.557. The number of nitrogens with one attached hydrogen (secondary N) is 1. The zero-order valence-electron chi connectivity index (χ0n) is 12.0. The molecule has 3 aromatic rings. The SMILES string of the molecule is C[C@H](C(=O)NCc1cccnc1-n1cccn1)n1cncn1. The molecule has 8 heteroatoms. The summed E-state index contributed by atoms with van der Waals surface area (Å²) in [4.78, 5) is 20.3. The maximum atomic E-state index is 12.2. The number of carbonyl (C=O) groups excluding carboxylic acids is 1. The van der Waals surface area contributed by atoms with Crippen LogP contribution in [0.25, 0.3) is 5.82 Å². The lowest BCUT2D eigenvalue weighted by molar-refractivity contribution is -0.124. The van der Waals surface area contributed by atoms with Crippen LogP contribution in [0.1, 0.15) is 18.5 Å². The molecule has 0 aliphatic rings. The largest absolute Gasteiger partial charge is 0.350 e. The molecule has 1 N–H and O–H groups in total. The molecule has 0 saturated carbocycles. The molecular weight excluding hydrogens is 282 g/mol. The molecule has 1 atom stereocenters. The molecule has 0 spiro atoms. The van der Waals surface area contributed by atoms with Crippen molar-refractivity contribution in [2.45, 2.75) is 19.5 Å². The lowest BCUT2D eigenvalue weighted by Gasteiger charge is -2.13. The normalized spacial score (nSPS) is 12.0. The molecule has 0 bridgehead atoms. The van der Waals surface area contributed by atoms with Crippen molar-refractivity contribution in [2.24, 2.45) is 0 Å². The monoisotopic (exact) mass is 297 g/mol. The molecule has 3 heterocycles. The molecule has 3 rings (SSSR count). The fraction of sp³-hybridized carbons (Fsp3) is 0.214. The highest BCUT2D eigenvalue weighted by molar-refractivity contribution is 5.79. The van der Waals surface area contributed by atoms with Crippen molar-refractivity contribution in [1.82, 2.24) is 34.8 Å². The van der Waals surface area contributed by atoms with E-state index in [0.29, 0.717) is 12.4 Å². The first kappa shape index (κ1) is 13.9. The first-order chi connectivity index (χ1) is 10.8. The summed E-state index contributed by atoms with van der Waals surface area (Å²) in [5, 5.41) is 11.0. The number of rotatable bonds is 5. The molecule has 0 saturated heterocycles. The van der Waals surface area contributed by atoms with Gasteiger partial charge in [-0.1, -0.05) is 6.07 Å². The van der Waals surface area contributed by atoms with Crippen LogP contribution in [-0.4, -0.2) is 35.4 Å². The van der Waals surface area contributed by atoms with Crippen LogP contribution in [0.5, 0.6) is 0 Å². The maximum absolute atomic E-state index is 12.2. The van der Waals surface area contributed by atoms with Crippen molar-refractivity contribution >= 4 is 5.91 Å². The molecule has 0 aromatic carbocycles. The Balaban J connectivity index is 1.71. The Bertz CT molecular complexity index is 736. The molecule has 0 fully saturated rings. The molecule has 0 aliphatic heterocycles. The van der Waals surface area contributed by atoms with Crippen LogP contribution in [0.4, 0.5) is 0 Å². The molecule has 1 amide bonds. The Hall–Kier alpha value is -3.03. The summed E-state index contributed by atoms with van der Waals surface area (Å²) in [6, 6.07) is 5.14. The summed E-state index contributed by atoms with van der Waals surface area (Å²) in [6.45, 7) is 2.13. The Morgan fingerprint density at radius 1 is 1.32 bits per heavy atom. The summed E-state index contributed by atoms with van der Waals surface area (Å²) in [7, 11) is 0. The van der Waals surface area contributed by atoms with Gasteiger partial charge in [0.05, 0.1) is 0 Å². The van der Waals surface area contributed by atoms with Crippen LogP contribution in [-0.2, 0) is 11.3 Å². The number of hydrogen-bond donors (Lipinski definition) is 1. The van der Waals surface area contributed by atoms with Crippen molar-refractivity contribution in [3.63, 3.8) is 0 Å². The molecule has 0 aliphatic carbocycles. The highest BCUT2D eigenvalue weighted by atomic mass is 16.2. The molecule has 8 nitrogen and oxygen atoms in total. The number of hydrogen-bond acceptors (Lipinski definition) is 5. The Morgan fingerprint density at radius 2 is 2.23 bits per heavy atom. The van der Waals surface area contributed by atoms with Crippen molar-refractivity contribution in [3.05, 3.63) is 55.0 Å². The van der Waals surface area contributed by atoms with Gasteiger partial charge in [0.2, 0.25) is 5.91 Å². The topological polar surface area (TPSA) is 90.5 Å². The van der Waals surface area contributed by atoms with E-state index < -0.39 is 6.04 Å². The molecule has 22 heavy (non-hydrogen) atoms. The minimum Gasteiger partial charge on any atom is -0.350 e. The summed E-state index contributed by atoms with van der Waals surface area (Å²) in [5.41, 5.74) is 0.880. The smallest absolute Gasteiger partial charge is 0.244 e. The zero-order valence-corrected chi connectivity index (χ0v) is 12.0. The standard InChI is InChI=1S/C14H15N7O/c1-11(21-10-15-9-19-21)14(22)17-8-12-4-2-5-16-13(12)20-7-3-6-18-20/h2-7,9-11H,8H2,1H3,(H,17,22)/t11-/m1/s1. The van der Waals surface area contributed by atoms with Gasteiger partial charge in [0.15, 0.2) is 5.82 Å². The second kappa shape index (κ2) is 6.17. The molecule has 3 aromatic heterocycles. The minimum absolute atomic E-state index is 0.138. The van der Waals surface area contributed by atoms with E-state index in [1.54, 1.807) is 24.0 Å². The van der Waals surface area contributed by atoms with E-state index in [2.05, 4.69) is 25.5 Å². The van der Waals surface area contributed by atoms with Gasteiger partial charge in [-0.15, -0.1) is 0 Å². The lowest BCUT2D eigenvalue weighted by Crippen LogP contribution is -2.31. The van der Waals surface area contributed by atoms with Gasteiger partial charge >= 0.3 is 0 Å². The zero-order chi connectivity index (χ0) is 15.4. The van der Waals surface area contributed by atoms with Gasteiger partial charge in [0.1, 0.15) is 18.7 Å². The first-order valence-electron chi connectivity index (χ1n) is 6.81. The highest BCUT2D eigenvalue weighted by Crippen LogP contribution is 2.10. The fourth-order valence-electron chi connectivity index (χ4n) is 2.04. The van der Waals surface area contributed by atoms with E-state index in [1.807, 2.05) is 24.4 Å². The maximum Gasteiger partial charge on any atom is 0.244 e. The second-order valence-electron chi connectivity index (χ2n) is 4.71. The number of amides is 1. The second-order valence-corrected chi connectivity index (χ2v) is 4.71. The number of carbonyl (C=O) groups is 1. The lowest BCUT2D eigenvalue weighted by atomic mass is 10.2. The summed E-state index contributed by atoms with van der Waals surface area (Å²) in [6.07, 6.45) is 8.11. The van der Waals surface area contributed by atoms with Gasteiger partial charge < -0.3 is 5.32 Å². The average molecular weight is 297 g/mol. The third kappa shape index (κ3) is 2.85. The van der Waals surface area contributed by atoms with Gasteiger partial charge in [0, 0.05) is 30.7 Å². The van der Waals surface area contributed by atoms with E-state index in [4.69, 9.17) is 0 Å². The fourth-order valence-corrected chi connectivity index (χ4v) is 2.04. The van der Waals surface area contributed by atoms with Gasteiger partial charge in [-0.3, -0.25) is 4.79 Å². The number of nitrogens with zero attached hydrogens (tertiary/aromatic N) is 6.